The van der Waals surface area contributed by atoms with Crippen molar-refractivity contribution in [3.05, 3.63) is 57.7 Å². The summed E-state index contributed by atoms with van der Waals surface area (Å²) in [6.45, 7) is 5.70. The lowest BCUT2D eigenvalue weighted by molar-refractivity contribution is -0.121. The molecule has 0 aliphatic rings. The van der Waals surface area contributed by atoms with Gasteiger partial charge in [0.2, 0.25) is 11.8 Å². The number of aromatic nitrogens is 2. The molecule has 2 heterocycles. The van der Waals surface area contributed by atoms with Crippen LogP contribution in [-0.4, -0.2) is 29.0 Å². The molecule has 1 N–H and O–H groups in total. The number of ether oxygens (including phenoxy) is 1. The van der Waals surface area contributed by atoms with Crippen molar-refractivity contribution in [3.63, 3.8) is 0 Å². The van der Waals surface area contributed by atoms with Gasteiger partial charge in [0.15, 0.2) is 5.69 Å². The van der Waals surface area contributed by atoms with Crippen LogP contribution in [0.3, 0.4) is 0 Å². The molecule has 8 heteroatoms. The van der Waals surface area contributed by atoms with Crippen LogP contribution in [0.1, 0.15) is 46.7 Å². The van der Waals surface area contributed by atoms with Crippen LogP contribution in [0.5, 0.6) is 0 Å². The van der Waals surface area contributed by atoms with Crippen molar-refractivity contribution in [2.24, 2.45) is 5.92 Å². The Bertz CT molecular complexity index is 995. The van der Waals surface area contributed by atoms with Crippen LogP contribution < -0.4 is 5.32 Å². The van der Waals surface area contributed by atoms with E-state index in [9.17, 15) is 9.59 Å². The van der Waals surface area contributed by atoms with Crippen molar-refractivity contribution in [3.8, 4) is 11.6 Å². The van der Waals surface area contributed by atoms with Crippen LogP contribution in [0.4, 0.5) is 0 Å². The summed E-state index contributed by atoms with van der Waals surface area (Å²) in [5, 5.41) is 5.64. The fraction of sp³-hybridized carbons (Fsp3) is 0.333. The minimum atomic E-state index is -0.554. The fourth-order valence-electron chi connectivity index (χ4n) is 2.84. The number of carbonyl (C=O) groups excluding carboxylic acids is 2. The Kier molecular flexibility index (Phi) is 6.43. The number of methoxy groups -OCH3 is 1. The Hall–Kier alpha value is -3.00. The molecule has 152 valence electrons. The summed E-state index contributed by atoms with van der Waals surface area (Å²) in [6, 6.07) is 9.37. The van der Waals surface area contributed by atoms with Gasteiger partial charge in [-0.25, -0.2) is 14.8 Å². The normalized spacial score (nSPS) is 12.0. The average Bonchev–Trinajstić information content (AvgIpc) is 3.33. The monoisotopic (exact) mass is 413 g/mol. The molecule has 3 aromatic rings. The van der Waals surface area contributed by atoms with E-state index in [2.05, 4.69) is 15.3 Å². The first-order valence-corrected chi connectivity index (χ1v) is 10.1. The molecule has 0 aliphatic heterocycles. The molecule has 2 aromatic heterocycles. The van der Waals surface area contributed by atoms with E-state index in [0.29, 0.717) is 17.9 Å². The second kappa shape index (κ2) is 9.00. The van der Waals surface area contributed by atoms with E-state index < -0.39 is 5.97 Å². The van der Waals surface area contributed by atoms with E-state index in [1.165, 1.54) is 18.4 Å². The number of hydrogen-bond donors (Lipinski definition) is 1. The summed E-state index contributed by atoms with van der Waals surface area (Å²) in [4.78, 5) is 33.1. The maximum atomic E-state index is 12.5. The Morgan fingerprint density at radius 1 is 1.21 bits per heavy atom. The average molecular weight is 413 g/mol. The summed E-state index contributed by atoms with van der Waals surface area (Å²) in [5.74, 6) is 0.153. The minimum absolute atomic E-state index is 0.0633. The van der Waals surface area contributed by atoms with Gasteiger partial charge in [-0.1, -0.05) is 44.2 Å². The number of esters is 1. The van der Waals surface area contributed by atoms with E-state index in [1.54, 1.807) is 12.3 Å². The molecule has 0 fully saturated rings. The standard InChI is InChI=1S/C21H23N3O4S/c1-12(2)17(23-16(25)10-14-8-6-5-7-9-14)20-22-15(11-29-20)19-24-18(13(3)28-19)21(26)27-4/h5-9,11-12,17H,10H2,1-4H3,(H,23,25)/t17-/m0/s1. The van der Waals surface area contributed by atoms with Crippen molar-refractivity contribution in [1.29, 1.82) is 0 Å². The molecular formula is C21H23N3O4S. The molecule has 0 aliphatic carbocycles. The van der Waals surface area contributed by atoms with Gasteiger partial charge in [-0.3, -0.25) is 4.79 Å². The second-order valence-corrected chi connectivity index (χ2v) is 7.83. The van der Waals surface area contributed by atoms with Gasteiger partial charge in [0.1, 0.15) is 16.5 Å². The lowest BCUT2D eigenvalue weighted by Gasteiger charge is -2.20. The Labute approximate surface area is 173 Å². The van der Waals surface area contributed by atoms with Crippen molar-refractivity contribution in [1.82, 2.24) is 15.3 Å². The number of amides is 1. The number of rotatable bonds is 7. The smallest absolute Gasteiger partial charge is 0.360 e. The third-order valence-corrected chi connectivity index (χ3v) is 5.30. The molecular weight excluding hydrogens is 390 g/mol. The van der Waals surface area contributed by atoms with Crippen LogP contribution in [-0.2, 0) is 16.0 Å². The highest BCUT2D eigenvalue weighted by Crippen LogP contribution is 2.30. The quantitative estimate of drug-likeness (QED) is 0.590. The van der Waals surface area contributed by atoms with Gasteiger partial charge < -0.3 is 14.5 Å². The van der Waals surface area contributed by atoms with E-state index in [-0.39, 0.29) is 29.5 Å². The van der Waals surface area contributed by atoms with E-state index in [0.717, 1.165) is 10.6 Å². The van der Waals surface area contributed by atoms with Gasteiger partial charge in [-0.15, -0.1) is 11.3 Å². The molecule has 3 rings (SSSR count). The number of oxazole rings is 1. The van der Waals surface area contributed by atoms with Crippen LogP contribution in [0.25, 0.3) is 11.6 Å². The highest BCUT2D eigenvalue weighted by atomic mass is 32.1. The molecule has 1 amide bonds. The van der Waals surface area contributed by atoms with Gasteiger partial charge in [-0.2, -0.15) is 0 Å². The topological polar surface area (TPSA) is 94.3 Å². The van der Waals surface area contributed by atoms with Crippen molar-refractivity contribution in [2.45, 2.75) is 33.2 Å². The van der Waals surface area contributed by atoms with Crippen molar-refractivity contribution in [2.75, 3.05) is 7.11 Å². The molecule has 1 atom stereocenters. The number of benzene rings is 1. The van der Waals surface area contributed by atoms with Gasteiger partial charge in [0.05, 0.1) is 19.6 Å². The molecule has 29 heavy (non-hydrogen) atoms. The van der Waals surface area contributed by atoms with E-state index in [4.69, 9.17) is 9.15 Å². The SMILES string of the molecule is COC(=O)c1nc(-c2csc([C@@H](NC(=O)Cc3ccccc3)C(C)C)n2)oc1C. The lowest BCUT2D eigenvalue weighted by atomic mass is 10.0. The zero-order valence-electron chi connectivity index (χ0n) is 16.8. The summed E-state index contributed by atoms with van der Waals surface area (Å²) < 4.78 is 10.3. The maximum absolute atomic E-state index is 12.5. The van der Waals surface area contributed by atoms with Crippen molar-refractivity contribution < 1.29 is 18.7 Å². The minimum Gasteiger partial charge on any atom is -0.464 e. The van der Waals surface area contributed by atoms with E-state index >= 15 is 0 Å². The van der Waals surface area contributed by atoms with E-state index in [1.807, 2.05) is 44.2 Å². The Morgan fingerprint density at radius 3 is 2.59 bits per heavy atom. The molecule has 0 radical (unpaired) electrons. The first-order valence-electron chi connectivity index (χ1n) is 9.23. The third kappa shape index (κ3) is 4.89. The summed E-state index contributed by atoms with van der Waals surface area (Å²) in [7, 11) is 1.29. The number of thiazole rings is 1. The molecule has 0 unspecified atom stereocenters. The van der Waals surface area contributed by atoms with Crippen LogP contribution in [0.15, 0.2) is 40.1 Å². The van der Waals surface area contributed by atoms with Gasteiger partial charge in [0.25, 0.3) is 0 Å². The molecule has 0 saturated carbocycles. The largest absolute Gasteiger partial charge is 0.464 e. The number of carbonyl (C=O) groups is 2. The fourth-order valence-corrected chi connectivity index (χ4v) is 3.85. The van der Waals surface area contributed by atoms with Gasteiger partial charge >= 0.3 is 5.97 Å². The summed E-state index contributed by atoms with van der Waals surface area (Å²) in [5.41, 5.74) is 1.61. The molecule has 0 saturated heterocycles. The Morgan fingerprint density at radius 2 is 1.93 bits per heavy atom. The summed E-state index contributed by atoms with van der Waals surface area (Å²) in [6.07, 6.45) is 0.309. The van der Waals surface area contributed by atoms with Gasteiger partial charge in [-0.05, 0) is 18.4 Å². The van der Waals surface area contributed by atoms with Crippen LogP contribution in [0.2, 0.25) is 0 Å². The highest BCUT2D eigenvalue weighted by Gasteiger charge is 2.24. The first kappa shape index (κ1) is 20.7. The predicted molar refractivity (Wildman–Crippen MR) is 110 cm³/mol. The predicted octanol–water partition coefficient (Wildman–Crippen LogP) is 3.95. The molecule has 0 bridgehead atoms. The summed E-state index contributed by atoms with van der Waals surface area (Å²) >= 11 is 1.42. The molecule has 7 nitrogen and oxygen atoms in total. The number of aryl methyl sites for hydroxylation is 1. The van der Waals surface area contributed by atoms with Crippen molar-refractivity contribution >= 4 is 23.2 Å². The zero-order valence-corrected chi connectivity index (χ0v) is 17.6. The highest BCUT2D eigenvalue weighted by molar-refractivity contribution is 7.10. The van der Waals surface area contributed by atoms with Crippen LogP contribution >= 0.6 is 11.3 Å². The second-order valence-electron chi connectivity index (χ2n) is 6.94. The zero-order chi connectivity index (χ0) is 21.0. The molecule has 0 spiro atoms. The first-order chi connectivity index (χ1) is 13.9. The maximum Gasteiger partial charge on any atom is 0.360 e. The third-order valence-electron chi connectivity index (χ3n) is 4.37. The number of nitrogens with one attached hydrogen (secondary N) is 1. The van der Waals surface area contributed by atoms with Crippen LogP contribution in [0, 0.1) is 12.8 Å². The van der Waals surface area contributed by atoms with Gasteiger partial charge in [0, 0.05) is 5.38 Å². The Balaban J connectivity index is 1.77. The number of hydrogen-bond acceptors (Lipinski definition) is 7. The molecule has 1 aromatic carbocycles. The number of nitrogens with zero attached hydrogens (tertiary/aromatic N) is 2. The lowest BCUT2D eigenvalue weighted by Crippen LogP contribution is -2.32.